The molecule has 0 saturated heterocycles. The molecule has 2 aromatic rings. The average Bonchev–Trinajstić information content (AvgIpc) is 2.85. The first-order valence-corrected chi connectivity index (χ1v) is 9.90. The van der Waals surface area contributed by atoms with Crippen molar-refractivity contribution in [1.82, 2.24) is 4.90 Å². The first kappa shape index (κ1) is 18.3. The van der Waals surface area contributed by atoms with Crippen molar-refractivity contribution >= 4 is 21.7 Å². The monoisotopic (exact) mass is 371 g/mol. The van der Waals surface area contributed by atoms with Gasteiger partial charge in [0.2, 0.25) is 0 Å². The number of carbonyl (C=O) groups is 2. The van der Waals surface area contributed by atoms with E-state index in [0.717, 1.165) is 10.5 Å². The largest absolute Gasteiger partial charge is 0.274 e. The van der Waals surface area contributed by atoms with E-state index in [-0.39, 0.29) is 29.7 Å². The van der Waals surface area contributed by atoms with Gasteiger partial charge in [0.15, 0.2) is 9.84 Å². The van der Waals surface area contributed by atoms with Gasteiger partial charge >= 0.3 is 0 Å². The highest BCUT2D eigenvalue weighted by atomic mass is 32.2. The number of rotatable bonds is 5. The summed E-state index contributed by atoms with van der Waals surface area (Å²) in [4.78, 5) is 26.3. The molecule has 0 N–H and O–H groups in total. The highest BCUT2D eigenvalue weighted by Crippen LogP contribution is 2.30. The van der Waals surface area contributed by atoms with Crippen LogP contribution in [0.2, 0.25) is 0 Å². The van der Waals surface area contributed by atoms with Gasteiger partial charge in [0.1, 0.15) is 0 Å². The van der Waals surface area contributed by atoms with Gasteiger partial charge in [-0.25, -0.2) is 8.42 Å². The Labute approximate surface area is 153 Å². The van der Waals surface area contributed by atoms with Crippen molar-refractivity contribution in [2.75, 3.05) is 6.54 Å². The number of hydrogen-bond donors (Lipinski definition) is 0. The fourth-order valence-electron chi connectivity index (χ4n) is 2.99. The summed E-state index contributed by atoms with van der Waals surface area (Å²) in [6.07, 6.45) is 0.161. The van der Waals surface area contributed by atoms with Crippen LogP contribution in [-0.2, 0) is 9.84 Å². The maximum Gasteiger partial charge on any atom is 0.261 e. The normalized spacial score (nSPS) is 14.7. The van der Waals surface area contributed by atoms with Crippen molar-refractivity contribution in [3.8, 4) is 0 Å². The Balaban J connectivity index is 1.80. The van der Waals surface area contributed by atoms with E-state index < -0.39 is 14.6 Å². The highest BCUT2D eigenvalue weighted by molar-refractivity contribution is 7.92. The summed E-state index contributed by atoms with van der Waals surface area (Å²) in [7, 11) is -3.60. The number of sulfone groups is 1. The molecule has 0 radical (unpaired) electrons. The van der Waals surface area contributed by atoms with Crippen LogP contribution >= 0.6 is 0 Å². The molecule has 0 atom stereocenters. The zero-order valence-corrected chi connectivity index (χ0v) is 15.8. The van der Waals surface area contributed by atoms with Crippen LogP contribution in [0.1, 0.15) is 46.5 Å². The Morgan fingerprint density at radius 3 is 1.88 bits per heavy atom. The Hall–Kier alpha value is -2.47. The maximum absolute atomic E-state index is 13.0. The van der Waals surface area contributed by atoms with Gasteiger partial charge in [0, 0.05) is 6.54 Å². The molecule has 1 heterocycles. The molecule has 0 bridgehead atoms. The Morgan fingerprint density at radius 2 is 1.38 bits per heavy atom. The third kappa shape index (κ3) is 2.94. The van der Waals surface area contributed by atoms with Gasteiger partial charge < -0.3 is 0 Å². The van der Waals surface area contributed by atoms with E-state index in [0.29, 0.717) is 11.1 Å². The van der Waals surface area contributed by atoms with Crippen molar-refractivity contribution in [1.29, 1.82) is 0 Å². The number of hydrogen-bond acceptors (Lipinski definition) is 4. The van der Waals surface area contributed by atoms with Crippen LogP contribution in [0.4, 0.5) is 0 Å². The predicted molar refractivity (Wildman–Crippen MR) is 98.9 cm³/mol. The molecule has 0 fully saturated rings. The molecule has 3 rings (SSSR count). The van der Waals surface area contributed by atoms with Crippen LogP contribution < -0.4 is 0 Å². The number of imide groups is 1. The number of nitrogens with zero attached hydrogens (tertiary/aromatic N) is 1. The standard InChI is InChI=1S/C20H21NO4S/c1-14-8-10-15(11-9-14)26(24,25)20(2,3)12-13-21-18(22)16-6-4-5-7-17(16)19(21)23/h4-11H,12-13H2,1-3H3. The molecule has 0 spiro atoms. The molecule has 6 heteroatoms. The lowest BCUT2D eigenvalue weighted by Gasteiger charge is -2.27. The molecular weight excluding hydrogens is 350 g/mol. The second-order valence-corrected chi connectivity index (χ2v) is 9.72. The van der Waals surface area contributed by atoms with Crippen molar-refractivity contribution < 1.29 is 18.0 Å². The minimum atomic E-state index is -3.60. The van der Waals surface area contributed by atoms with Crippen molar-refractivity contribution in [3.63, 3.8) is 0 Å². The topological polar surface area (TPSA) is 71.5 Å². The summed E-state index contributed by atoms with van der Waals surface area (Å²) in [6.45, 7) is 5.20. The maximum atomic E-state index is 13.0. The van der Waals surface area contributed by atoms with E-state index in [9.17, 15) is 18.0 Å². The van der Waals surface area contributed by atoms with Gasteiger partial charge in [0.05, 0.1) is 20.8 Å². The Bertz CT molecular complexity index is 940. The van der Waals surface area contributed by atoms with E-state index in [1.54, 1.807) is 62.4 Å². The van der Waals surface area contributed by atoms with E-state index in [2.05, 4.69) is 0 Å². The average molecular weight is 371 g/mol. The summed E-state index contributed by atoms with van der Waals surface area (Å²) in [5.41, 5.74) is 1.72. The summed E-state index contributed by atoms with van der Waals surface area (Å²) < 4.78 is 24.8. The lowest BCUT2D eigenvalue weighted by Crippen LogP contribution is -2.39. The molecule has 0 aromatic heterocycles. The van der Waals surface area contributed by atoms with Gasteiger partial charge in [-0.2, -0.15) is 0 Å². The summed E-state index contributed by atoms with van der Waals surface area (Å²) in [6, 6.07) is 13.3. The minimum Gasteiger partial charge on any atom is -0.274 e. The fourth-order valence-corrected chi connectivity index (χ4v) is 4.49. The van der Waals surface area contributed by atoms with E-state index >= 15 is 0 Å². The quantitative estimate of drug-likeness (QED) is 0.757. The zero-order valence-electron chi connectivity index (χ0n) is 15.0. The van der Waals surface area contributed by atoms with Crippen LogP contribution in [0.15, 0.2) is 53.4 Å². The number of benzene rings is 2. The van der Waals surface area contributed by atoms with Gasteiger partial charge in [-0.05, 0) is 51.5 Å². The highest BCUT2D eigenvalue weighted by Gasteiger charge is 2.40. The van der Waals surface area contributed by atoms with Gasteiger partial charge in [-0.15, -0.1) is 0 Å². The minimum absolute atomic E-state index is 0.0600. The summed E-state index contributed by atoms with van der Waals surface area (Å²) in [5, 5.41) is 0. The predicted octanol–water partition coefficient (Wildman–Crippen LogP) is 3.23. The van der Waals surface area contributed by atoms with Crippen LogP contribution in [-0.4, -0.2) is 36.4 Å². The lowest BCUT2D eigenvalue weighted by molar-refractivity contribution is 0.0649. The number of carbonyl (C=O) groups excluding carboxylic acids is 2. The third-order valence-electron chi connectivity index (χ3n) is 4.87. The van der Waals surface area contributed by atoms with E-state index in [4.69, 9.17) is 0 Å². The van der Waals surface area contributed by atoms with Crippen LogP contribution in [0.3, 0.4) is 0 Å². The van der Waals surface area contributed by atoms with Crippen molar-refractivity contribution in [2.24, 2.45) is 0 Å². The summed E-state index contributed by atoms with van der Waals surface area (Å²) >= 11 is 0. The van der Waals surface area contributed by atoms with Crippen LogP contribution in [0, 0.1) is 6.92 Å². The molecule has 2 aromatic carbocycles. The van der Waals surface area contributed by atoms with E-state index in [1.165, 1.54) is 0 Å². The van der Waals surface area contributed by atoms with Crippen molar-refractivity contribution in [2.45, 2.75) is 36.8 Å². The zero-order chi connectivity index (χ0) is 19.1. The molecule has 0 saturated carbocycles. The van der Waals surface area contributed by atoms with Gasteiger partial charge in [-0.3, -0.25) is 14.5 Å². The third-order valence-corrected chi connectivity index (χ3v) is 7.43. The van der Waals surface area contributed by atoms with E-state index in [1.807, 2.05) is 6.92 Å². The summed E-state index contributed by atoms with van der Waals surface area (Å²) in [5.74, 6) is -0.733. The van der Waals surface area contributed by atoms with Gasteiger partial charge in [-0.1, -0.05) is 29.8 Å². The van der Waals surface area contributed by atoms with Crippen LogP contribution in [0.5, 0.6) is 0 Å². The first-order chi connectivity index (χ1) is 12.1. The van der Waals surface area contributed by atoms with Crippen LogP contribution in [0.25, 0.3) is 0 Å². The SMILES string of the molecule is Cc1ccc(S(=O)(=O)C(C)(C)CCN2C(=O)c3ccccc3C2=O)cc1. The number of amides is 2. The molecule has 136 valence electrons. The smallest absolute Gasteiger partial charge is 0.261 e. The second-order valence-electron chi connectivity index (χ2n) is 7.13. The molecule has 1 aliphatic heterocycles. The number of aryl methyl sites for hydroxylation is 1. The molecule has 5 nitrogen and oxygen atoms in total. The molecule has 2 amide bonds. The molecule has 26 heavy (non-hydrogen) atoms. The first-order valence-electron chi connectivity index (χ1n) is 8.42. The Kier molecular flexibility index (Phi) is 4.48. The second kappa shape index (κ2) is 6.36. The molecule has 0 aliphatic carbocycles. The fraction of sp³-hybridized carbons (Fsp3) is 0.300. The van der Waals surface area contributed by atoms with Crippen molar-refractivity contribution in [3.05, 3.63) is 65.2 Å². The molecule has 1 aliphatic rings. The number of fused-ring (bicyclic) bond motifs is 1. The van der Waals surface area contributed by atoms with Gasteiger partial charge in [0.25, 0.3) is 11.8 Å². The lowest BCUT2D eigenvalue weighted by atomic mass is 10.1. The Morgan fingerprint density at radius 1 is 0.885 bits per heavy atom. The molecular formula is C20H21NO4S. The molecule has 0 unspecified atom stereocenters.